The third-order valence-electron chi connectivity index (χ3n) is 1.67. The summed E-state index contributed by atoms with van der Waals surface area (Å²) in [7, 11) is 0. The first-order valence-corrected chi connectivity index (χ1v) is 6.15. The average molecular weight is 250 g/mol. The van der Waals surface area contributed by atoms with Crippen LogP contribution in [0.15, 0.2) is 46.8 Å². The van der Waals surface area contributed by atoms with E-state index in [1.807, 2.05) is 35.5 Å². The van der Waals surface area contributed by atoms with Gasteiger partial charge >= 0.3 is 35.7 Å². The van der Waals surface area contributed by atoms with Crippen molar-refractivity contribution >= 4 is 25.5 Å². The Bertz CT molecular complexity index is 425. The van der Waals surface area contributed by atoms with Crippen molar-refractivity contribution in [3.63, 3.8) is 0 Å². The molecule has 1 aromatic carbocycles. The zero-order chi connectivity index (χ0) is 9.64. The molecule has 0 aliphatic rings. The van der Waals surface area contributed by atoms with Gasteiger partial charge in [0, 0.05) is 0 Å². The molecule has 0 unspecified atom stereocenters. The van der Waals surface area contributed by atoms with Crippen LogP contribution in [0.3, 0.4) is 0 Å². The molecule has 0 atom stereocenters. The first-order valence-electron chi connectivity index (χ1n) is 4.17. The molecule has 14 heavy (non-hydrogen) atoms. The summed E-state index contributed by atoms with van der Waals surface area (Å²) in [5, 5.41) is 1.94. The molecule has 0 saturated heterocycles. The van der Waals surface area contributed by atoms with Crippen LogP contribution in [0.5, 0.6) is 0 Å². The minimum Gasteiger partial charge on any atom is -0.345 e. The normalized spacial score (nSPS) is 9.43. The third-order valence-corrected chi connectivity index (χ3v) is 2.77. The van der Waals surface area contributed by atoms with Crippen molar-refractivity contribution < 1.29 is 0 Å². The van der Waals surface area contributed by atoms with Gasteiger partial charge in [-0.2, -0.15) is 0 Å². The van der Waals surface area contributed by atoms with Crippen molar-refractivity contribution in [3.05, 3.63) is 46.8 Å². The van der Waals surface area contributed by atoms with Gasteiger partial charge in [-0.1, -0.05) is 12.1 Å². The number of para-hydroxylation sites is 2. The van der Waals surface area contributed by atoms with Gasteiger partial charge in [0.15, 0.2) is 0 Å². The molecule has 2 heterocycles. The zero-order valence-corrected chi connectivity index (χ0v) is 9.13. The molecule has 0 radical (unpaired) electrons. The number of imidazole rings is 1. The van der Waals surface area contributed by atoms with E-state index in [1.54, 1.807) is 6.33 Å². The van der Waals surface area contributed by atoms with Gasteiger partial charge in [0.2, 0.25) is 0 Å². The number of hydrogen-bond acceptors (Lipinski definition) is 2. The van der Waals surface area contributed by atoms with Crippen LogP contribution in [0.4, 0.5) is 0 Å². The summed E-state index contributed by atoms with van der Waals surface area (Å²) in [4.78, 5) is 13.0. The van der Waals surface area contributed by atoms with Crippen LogP contribution < -0.4 is 0 Å². The van der Waals surface area contributed by atoms with Crippen LogP contribution in [-0.4, -0.2) is 29.5 Å². The Morgan fingerprint density at radius 3 is 2.79 bits per heavy atom. The average Bonchev–Trinajstić information content (AvgIpc) is 2.92. The Labute approximate surface area is 87.6 Å². The molecule has 3 nitrogen and oxygen atoms in total. The summed E-state index contributed by atoms with van der Waals surface area (Å²) in [6.45, 7) is 0. The summed E-state index contributed by atoms with van der Waals surface area (Å²) in [6, 6.07) is 7.94. The van der Waals surface area contributed by atoms with Crippen molar-refractivity contribution in [2.75, 3.05) is 0 Å². The molecule has 4 heteroatoms. The Hall–Kier alpha value is -1.38. The molecule has 0 bridgehead atoms. The van der Waals surface area contributed by atoms with Gasteiger partial charge in [0.1, 0.15) is 0 Å². The molecule has 0 aliphatic heterocycles. The van der Waals surface area contributed by atoms with E-state index in [-0.39, 0.29) is 0 Å². The molecule has 0 saturated carbocycles. The Balaban J connectivity index is 0.000000128. The summed E-state index contributed by atoms with van der Waals surface area (Å²) in [5.74, 6) is 0. The quantitative estimate of drug-likeness (QED) is 0.617. The van der Waals surface area contributed by atoms with Gasteiger partial charge in [0.05, 0.1) is 17.4 Å². The van der Waals surface area contributed by atoms with Gasteiger partial charge in [0.25, 0.3) is 0 Å². The van der Waals surface area contributed by atoms with Crippen molar-refractivity contribution in [1.29, 1.82) is 0 Å². The van der Waals surface area contributed by atoms with Crippen molar-refractivity contribution in [3.8, 4) is 0 Å². The SMILES string of the molecule is c1c[se]cn1.c1ccc2[nH]cnc2c1. The molecule has 70 valence electrons. The minimum atomic E-state index is 0.597. The maximum Gasteiger partial charge on any atom is 0.0931 e. The number of H-pyrrole nitrogens is 1. The van der Waals surface area contributed by atoms with Crippen molar-refractivity contribution in [2.45, 2.75) is 0 Å². The molecule has 2 aromatic heterocycles. The van der Waals surface area contributed by atoms with Gasteiger partial charge in [-0.15, -0.1) is 0 Å². The molecule has 3 aromatic rings. The first kappa shape index (κ1) is 9.19. The largest absolute Gasteiger partial charge is 0.345 e. The smallest absolute Gasteiger partial charge is 0.0931 e. The molecular formula is C10H9N3Se. The predicted molar refractivity (Wildman–Crippen MR) is 57.3 cm³/mol. The van der Waals surface area contributed by atoms with Gasteiger partial charge in [-0.3, -0.25) is 0 Å². The Morgan fingerprint density at radius 1 is 1.21 bits per heavy atom. The number of hydrogen-bond donors (Lipinski definition) is 1. The van der Waals surface area contributed by atoms with Gasteiger partial charge < -0.3 is 4.98 Å². The molecule has 0 spiro atoms. The molecule has 3 rings (SSSR count). The monoisotopic (exact) mass is 251 g/mol. The number of benzene rings is 1. The van der Waals surface area contributed by atoms with E-state index in [2.05, 4.69) is 19.9 Å². The van der Waals surface area contributed by atoms with Gasteiger partial charge in [-0.05, 0) is 12.1 Å². The van der Waals surface area contributed by atoms with Crippen LogP contribution in [0.25, 0.3) is 11.0 Å². The van der Waals surface area contributed by atoms with Crippen LogP contribution in [-0.2, 0) is 0 Å². The van der Waals surface area contributed by atoms with Crippen LogP contribution >= 0.6 is 0 Å². The zero-order valence-electron chi connectivity index (χ0n) is 7.42. The summed E-state index contributed by atoms with van der Waals surface area (Å²) < 4.78 is 0. The van der Waals surface area contributed by atoms with E-state index < -0.39 is 0 Å². The van der Waals surface area contributed by atoms with Gasteiger partial charge in [-0.25, -0.2) is 4.98 Å². The van der Waals surface area contributed by atoms with Crippen molar-refractivity contribution in [2.24, 2.45) is 0 Å². The van der Waals surface area contributed by atoms with E-state index in [1.165, 1.54) is 0 Å². The molecular weight excluding hydrogens is 241 g/mol. The standard InChI is InChI=1S/C7H6N2.C3H3NSe/c1-2-4-7-6(3-1)8-5-9-7;1-2-5-3-4-1/h1-5H,(H,8,9);1-3H. The minimum absolute atomic E-state index is 0.597. The topological polar surface area (TPSA) is 41.6 Å². The second-order valence-electron chi connectivity index (χ2n) is 2.60. The molecule has 0 amide bonds. The van der Waals surface area contributed by atoms with E-state index >= 15 is 0 Å². The van der Waals surface area contributed by atoms with E-state index in [9.17, 15) is 0 Å². The van der Waals surface area contributed by atoms with Crippen LogP contribution in [0.1, 0.15) is 0 Å². The fourth-order valence-electron chi connectivity index (χ4n) is 1.06. The van der Waals surface area contributed by atoms with E-state index in [4.69, 9.17) is 0 Å². The maximum absolute atomic E-state index is 4.06. The second kappa shape index (κ2) is 4.74. The molecule has 0 aliphatic carbocycles. The summed E-state index contributed by atoms with van der Waals surface area (Å²) >= 11 is 0.597. The third kappa shape index (κ3) is 2.31. The number of fused-ring (bicyclic) bond motifs is 1. The van der Waals surface area contributed by atoms with E-state index in [0.29, 0.717) is 14.5 Å². The number of rotatable bonds is 0. The summed E-state index contributed by atoms with van der Waals surface area (Å²) in [5.41, 5.74) is 2.12. The van der Waals surface area contributed by atoms with Crippen LogP contribution in [0, 0.1) is 0 Å². The molecule has 1 N–H and O–H groups in total. The van der Waals surface area contributed by atoms with Crippen molar-refractivity contribution in [1.82, 2.24) is 15.0 Å². The van der Waals surface area contributed by atoms with E-state index in [0.717, 1.165) is 11.0 Å². The maximum atomic E-state index is 4.06. The number of aromatic nitrogens is 3. The van der Waals surface area contributed by atoms with Crippen LogP contribution in [0.2, 0.25) is 0 Å². The Kier molecular flexibility index (Phi) is 3.11. The summed E-state index contributed by atoms with van der Waals surface area (Å²) in [6.07, 6.45) is 3.53. The number of aromatic amines is 1. The number of nitrogens with one attached hydrogen (secondary N) is 1. The Morgan fingerprint density at radius 2 is 2.14 bits per heavy atom. The predicted octanol–water partition coefficient (Wildman–Crippen LogP) is 1.70. The number of nitrogens with zero attached hydrogens (tertiary/aromatic N) is 2. The molecule has 0 fully saturated rings. The fourth-order valence-corrected chi connectivity index (χ4v) is 1.79. The first-order chi connectivity index (χ1) is 6.97. The fraction of sp³-hybridized carbons (Fsp3) is 0. The second-order valence-corrected chi connectivity index (χ2v) is 4.18.